The Kier molecular flexibility index (Phi) is 4.33. The van der Waals surface area contributed by atoms with Crippen molar-refractivity contribution < 1.29 is 9.59 Å². The molecule has 0 atom stereocenters. The lowest BCUT2D eigenvalue weighted by molar-refractivity contribution is -0.114. The van der Waals surface area contributed by atoms with Gasteiger partial charge in [0.05, 0.1) is 17.0 Å². The van der Waals surface area contributed by atoms with Crippen LogP contribution in [0.4, 0.5) is 0 Å². The van der Waals surface area contributed by atoms with Crippen LogP contribution in [0.3, 0.4) is 0 Å². The summed E-state index contributed by atoms with van der Waals surface area (Å²) >= 11 is 0. The Morgan fingerprint density at radius 1 is 1.38 bits per heavy atom. The number of rotatable bonds is 3. The number of allylic oxidation sites excluding steroid dienone is 1. The first-order chi connectivity index (χ1) is 13.7. The Balaban J connectivity index is 1.74. The highest BCUT2D eigenvalue weighted by Crippen LogP contribution is 2.44. The van der Waals surface area contributed by atoms with E-state index in [0.29, 0.717) is 42.4 Å². The maximum atomic E-state index is 12.9. The van der Waals surface area contributed by atoms with Crippen LogP contribution in [-0.4, -0.2) is 45.5 Å². The Morgan fingerprint density at radius 2 is 2.14 bits per heavy atom. The fourth-order valence-electron chi connectivity index (χ4n) is 4.09. The highest BCUT2D eigenvalue weighted by molar-refractivity contribution is 6.07. The van der Waals surface area contributed by atoms with Crippen LogP contribution < -0.4 is 16.4 Å². The lowest BCUT2D eigenvalue weighted by Gasteiger charge is -2.30. The fourth-order valence-corrected chi connectivity index (χ4v) is 4.09. The van der Waals surface area contributed by atoms with Crippen LogP contribution >= 0.6 is 0 Å². The van der Waals surface area contributed by atoms with Gasteiger partial charge in [0.2, 0.25) is 5.96 Å². The molecule has 29 heavy (non-hydrogen) atoms. The molecule has 9 heteroatoms. The standard InChI is InChI=1S/C20H25N7O2/c1-5-27-15(6-11(2)25-27)18(29)24-19-23-8-12-13(17(21)28)7-22-9-14-16(12)26(19)10-20(14,3)4/h6-8,22H,5,9-10H2,1-4H3,(H2,21,28)(H,23,24,29). The number of aryl methyl sites for hydroxylation is 2. The number of carbonyl (C=O) groups excluding carboxylic acids is 2. The zero-order valence-electron chi connectivity index (χ0n) is 17.0. The second kappa shape index (κ2) is 6.61. The van der Waals surface area contributed by atoms with E-state index >= 15 is 0 Å². The van der Waals surface area contributed by atoms with Crippen molar-refractivity contribution in [3.8, 4) is 0 Å². The predicted octanol–water partition coefficient (Wildman–Crippen LogP) is 0.763. The van der Waals surface area contributed by atoms with E-state index in [1.807, 2.05) is 18.7 Å². The third kappa shape index (κ3) is 3.02. The number of hydrogen-bond acceptors (Lipinski definition) is 6. The van der Waals surface area contributed by atoms with E-state index in [9.17, 15) is 9.59 Å². The molecule has 0 aromatic carbocycles. The summed E-state index contributed by atoms with van der Waals surface area (Å²) in [5, 5.41) is 10.4. The van der Waals surface area contributed by atoms with Crippen LogP contribution in [0, 0.1) is 12.3 Å². The number of aromatic nitrogens is 2. The van der Waals surface area contributed by atoms with Crippen molar-refractivity contribution in [2.45, 2.75) is 34.2 Å². The van der Waals surface area contributed by atoms with Gasteiger partial charge in [-0.25, -0.2) is 4.99 Å². The molecular formula is C20H25N7O2. The summed E-state index contributed by atoms with van der Waals surface area (Å²) in [6.07, 6.45) is 3.25. The molecule has 0 saturated carbocycles. The Morgan fingerprint density at radius 3 is 2.83 bits per heavy atom. The van der Waals surface area contributed by atoms with Gasteiger partial charge in [-0.05, 0) is 25.5 Å². The molecule has 3 aliphatic rings. The van der Waals surface area contributed by atoms with Gasteiger partial charge in [-0.1, -0.05) is 13.8 Å². The van der Waals surface area contributed by atoms with Crippen LogP contribution in [0.1, 0.15) is 37.0 Å². The topological polar surface area (TPSA) is 118 Å². The van der Waals surface area contributed by atoms with Crippen molar-refractivity contribution >= 4 is 17.8 Å². The minimum Gasteiger partial charge on any atom is -0.386 e. The number of aliphatic imine (C=N–C) groups is 1. The van der Waals surface area contributed by atoms with Gasteiger partial charge in [0.25, 0.3) is 11.8 Å². The molecule has 4 heterocycles. The number of nitrogens with one attached hydrogen (secondary N) is 2. The maximum Gasteiger partial charge on any atom is 0.276 e. The third-order valence-corrected chi connectivity index (χ3v) is 5.49. The lowest BCUT2D eigenvalue weighted by Crippen LogP contribution is -2.46. The highest BCUT2D eigenvalue weighted by Gasteiger charge is 2.44. The summed E-state index contributed by atoms with van der Waals surface area (Å²) in [6.45, 7) is 9.88. The molecule has 4 rings (SSSR count). The largest absolute Gasteiger partial charge is 0.386 e. The summed E-state index contributed by atoms with van der Waals surface area (Å²) in [6, 6.07) is 1.76. The average Bonchev–Trinajstić information content (AvgIpc) is 3.07. The first kappa shape index (κ1) is 19.0. The van der Waals surface area contributed by atoms with Crippen LogP contribution in [0.25, 0.3) is 0 Å². The predicted molar refractivity (Wildman–Crippen MR) is 108 cm³/mol. The molecule has 0 spiro atoms. The molecule has 0 aliphatic carbocycles. The molecular weight excluding hydrogens is 370 g/mol. The second-order valence-corrected chi connectivity index (χ2v) is 8.04. The number of hydrogen-bond donors (Lipinski definition) is 3. The smallest absolute Gasteiger partial charge is 0.276 e. The molecule has 152 valence electrons. The minimum absolute atomic E-state index is 0.167. The Bertz CT molecular complexity index is 1040. The fraction of sp³-hybridized carbons (Fsp3) is 0.400. The number of nitrogens with zero attached hydrogens (tertiary/aromatic N) is 4. The van der Waals surface area contributed by atoms with Crippen LogP contribution in [0.5, 0.6) is 0 Å². The average molecular weight is 395 g/mol. The Labute approximate surface area is 169 Å². The quantitative estimate of drug-likeness (QED) is 0.699. The molecule has 2 amide bonds. The van der Waals surface area contributed by atoms with E-state index < -0.39 is 5.91 Å². The molecule has 1 aromatic rings. The number of primary amides is 1. The molecule has 4 N–H and O–H groups in total. The van der Waals surface area contributed by atoms with Crippen molar-refractivity contribution in [2.24, 2.45) is 16.1 Å². The normalized spacial score (nSPS) is 19.6. The molecule has 0 radical (unpaired) electrons. The SMILES string of the molecule is CCn1nc(C)cc1C(=O)NC1=NC=C2C(C(N)=O)=CNCC3=C2N1CC3(C)C. The van der Waals surface area contributed by atoms with Gasteiger partial charge in [-0.2, -0.15) is 5.10 Å². The van der Waals surface area contributed by atoms with Gasteiger partial charge in [0.1, 0.15) is 5.69 Å². The van der Waals surface area contributed by atoms with Crippen molar-refractivity contribution in [3.63, 3.8) is 0 Å². The van der Waals surface area contributed by atoms with E-state index in [1.54, 1.807) is 23.1 Å². The van der Waals surface area contributed by atoms with Gasteiger partial charge < -0.3 is 16.0 Å². The van der Waals surface area contributed by atoms with Gasteiger partial charge >= 0.3 is 0 Å². The summed E-state index contributed by atoms with van der Waals surface area (Å²) in [5.74, 6) is -0.358. The maximum absolute atomic E-state index is 12.9. The van der Waals surface area contributed by atoms with E-state index in [2.05, 4.69) is 34.6 Å². The summed E-state index contributed by atoms with van der Waals surface area (Å²) in [7, 11) is 0. The van der Waals surface area contributed by atoms with Crippen molar-refractivity contribution in [2.75, 3.05) is 13.1 Å². The lowest BCUT2D eigenvalue weighted by atomic mass is 9.85. The number of carbonyl (C=O) groups is 2. The Hall–Kier alpha value is -3.36. The highest BCUT2D eigenvalue weighted by atomic mass is 16.2. The second-order valence-electron chi connectivity index (χ2n) is 8.04. The van der Waals surface area contributed by atoms with Crippen molar-refractivity contribution in [1.82, 2.24) is 25.3 Å². The molecule has 3 aliphatic heterocycles. The summed E-state index contributed by atoms with van der Waals surface area (Å²) in [4.78, 5) is 31.3. The van der Waals surface area contributed by atoms with Crippen LogP contribution in [-0.2, 0) is 11.3 Å². The van der Waals surface area contributed by atoms with Crippen LogP contribution in [0.2, 0.25) is 0 Å². The van der Waals surface area contributed by atoms with E-state index in [-0.39, 0.29) is 11.3 Å². The minimum atomic E-state index is -0.521. The van der Waals surface area contributed by atoms with Crippen molar-refractivity contribution in [3.05, 3.63) is 52.3 Å². The van der Waals surface area contributed by atoms with E-state index in [0.717, 1.165) is 17.0 Å². The van der Waals surface area contributed by atoms with Gasteiger partial charge in [0.15, 0.2) is 0 Å². The zero-order chi connectivity index (χ0) is 20.9. The first-order valence-corrected chi connectivity index (χ1v) is 9.62. The number of guanidine groups is 1. The number of amides is 2. The number of nitrogens with two attached hydrogens (primary N) is 1. The monoisotopic (exact) mass is 395 g/mol. The molecule has 0 saturated heterocycles. The van der Waals surface area contributed by atoms with E-state index in [4.69, 9.17) is 5.73 Å². The van der Waals surface area contributed by atoms with E-state index in [1.165, 1.54) is 0 Å². The molecule has 0 unspecified atom stereocenters. The van der Waals surface area contributed by atoms with Crippen molar-refractivity contribution in [1.29, 1.82) is 0 Å². The molecule has 9 nitrogen and oxygen atoms in total. The first-order valence-electron chi connectivity index (χ1n) is 9.62. The van der Waals surface area contributed by atoms with Crippen LogP contribution in [0.15, 0.2) is 45.9 Å². The zero-order valence-corrected chi connectivity index (χ0v) is 17.0. The van der Waals surface area contributed by atoms with Gasteiger partial charge in [-0.15, -0.1) is 0 Å². The summed E-state index contributed by atoms with van der Waals surface area (Å²) in [5.41, 5.74) is 9.77. The summed E-state index contributed by atoms with van der Waals surface area (Å²) < 4.78 is 1.66. The molecule has 0 bridgehead atoms. The van der Waals surface area contributed by atoms with Gasteiger partial charge in [-0.3, -0.25) is 19.6 Å². The van der Waals surface area contributed by atoms with Gasteiger partial charge in [0, 0.05) is 43.0 Å². The third-order valence-electron chi connectivity index (χ3n) is 5.49. The molecule has 1 aromatic heterocycles. The molecule has 0 fully saturated rings.